The second-order valence-electron chi connectivity index (χ2n) is 5.31. The van der Waals surface area contributed by atoms with Gasteiger partial charge in [-0.1, -0.05) is 0 Å². The van der Waals surface area contributed by atoms with E-state index in [0.717, 1.165) is 18.6 Å². The molecule has 2 heterocycles. The van der Waals surface area contributed by atoms with Gasteiger partial charge in [0, 0.05) is 11.6 Å². The maximum absolute atomic E-state index is 12.7. The third-order valence-corrected chi connectivity index (χ3v) is 3.77. The number of amides is 1. The zero-order valence-electron chi connectivity index (χ0n) is 11.5. The maximum atomic E-state index is 12.7. The molecule has 1 saturated carbocycles. The van der Waals surface area contributed by atoms with Gasteiger partial charge < -0.3 is 18.8 Å². The van der Waals surface area contributed by atoms with Crippen LogP contribution in [0.2, 0.25) is 0 Å². The summed E-state index contributed by atoms with van der Waals surface area (Å²) in [6.07, 6.45) is 3.74. The number of hydrogen-bond acceptors (Lipinski definition) is 4. The molecule has 1 amide bonds. The van der Waals surface area contributed by atoms with E-state index in [0.29, 0.717) is 29.6 Å². The Balaban J connectivity index is 1.59. The molecule has 1 aliphatic carbocycles. The number of furan rings is 1. The van der Waals surface area contributed by atoms with Gasteiger partial charge in [0.25, 0.3) is 5.91 Å². The Morgan fingerprint density at radius 3 is 2.81 bits per heavy atom. The Morgan fingerprint density at radius 1 is 1.19 bits per heavy atom. The van der Waals surface area contributed by atoms with Crippen LogP contribution in [0.3, 0.4) is 0 Å². The highest BCUT2D eigenvalue weighted by atomic mass is 16.7. The minimum absolute atomic E-state index is 0.00667. The molecule has 0 spiro atoms. The summed E-state index contributed by atoms with van der Waals surface area (Å²) in [4.78, 5) is 14.6. The highest BCUT2D eigenvalue weighted by molar-refractivity contribution is 5.95. The van der Waals surface area contributed by atoms with Crippen LogP contribution in [-0.4, -0.2) is 23.6 Å². The fourth-order valence-corrected chi connectivity index (χ4v) is 2.52. The fourth-order valence-electron chi connectivity index (χ4n) is 2.52. The smallest absolute Gasteiger partial charge is 0.254 e. The molecule has 5 nitrogen and oxygen atoms in total. The number of nitrogens with zero attached hydrogens (tertiary/aromatic N) is 1. The number of carbonyl (C=O) groups excluding carboxylic acids is 1. The highest BCUT2D eigenvalue weighted by Crippen LogP contribution is 2.35. The third-order valence-electron chi connectivity index (χ3n) is 3.77. The van der Waals surface area contributed by atoms with Crippen LogP contribution in [0, 0.1) is 0 Å². The van der Waals surface area contributed by atoms with Crippen molar-refractivity contribution >= 4 is 5.91 Å². The molecular weight excluding hydrogens is 270 g/mol. The van der Waals surface area contributed by atoms with Crippen molar-refractivity contribution in [1.82, 2.24) is 4.90 Å². The van der Waals surface area contributed by atoms with Crippen molar-refractivity contribution in [3.8, 4) is 11.5 Å². The predicted molar refractivity (Wildman–Crippen MR) is 74.2 cm³/mol. The zero-order valence-corrected chi connectivity index (χ0v) is 11.5. The fraction of sp³-hybridized carbons (Fsp3) is 0.312. The minimum Gasteiger partial charge on any atom is -0.467 e. The average molecular weight is 285 g/mol. The van der Waals surface area contributed by atoms with Crippen LogP contribution < -0.4 is 9.47 Å². The minimum atomic E-state index is 0.00667. The molecule has 0 bridgehead atoms. The largest absolute Gasteiger partial charge is 0.467 e. The Hall–Kier alpha value is -2.43. The van der Waals surface area contributed by atoms with E-state index in [1.165, 1.54) is 0 Å². The standard InChI is InChI=1S/C16H15NO4/c18-16(11-3-6-14-15(8-11)21-10-20-14)17(12-4-5-12)9-13-2-1-7-19-13/h1-3,6-8,12H,4-5,9-10H2. The summed E-state index contributed by atoms with van der Waals surface area (Å²) < 4.78 is 16.0. The van der Waals surface area contributed by atoms with Crippen LogP contribution in [-0.2, 0) is 6.54 Å². The average Bonchev–Trinajstić information content (AvgIpc) is 3.02. The summed E-state index contributed by atoms with van der Waals surface area (Å²) in [5.41, 5.74) is 0.623. The van der Waals surface area contributed by atoms with Gasteiger partial charge in [-0.05, 0) is 43.2 Å². The number of fused-ring (bicyclic) bond motifs is 1. The molecule has 0 saturated heterocycles. The first-order chi connectivity index (χ1) is 10.3. The summed E-state index contributed by atoms with van der Waals surface area (Å²) in [6.45, 7) is 0.719. The van der Waals surface area contributed by atoms with Crippen molar-refractivity contribution in [2.75, 3.05) is 6.79 Å². The van der Waals surface area contributed by atoms with E-state index in [-0.39, 0.29) is 12.7 Å². The molecule has 2 aromatic rings. The lowest BCUT2D eigenvalue weighted by molar-refractivity contribution is 0.0717. The lowest BCUT2D eigenvalue weighted by Gasteiger charge is -2.21. The van der Waals surface area contributed by atoms with E-state index in [1.807, 2.05) is 17.0 Å². The van der Waals surface area contributed by atoms with Crippen LogP contribution in [0.25, 0.3) is 0 Å². The topological polar surface area (TPSA) is 51.9 Å². The van der Waals surface area contributed by atoms with Crippen LogP contribution in [0.1, 0.15) is 29.0 Å². The second kappa shape index (κ2) is 4.84. The van der Waals surface area contributed by atoms with Crippen molar-refractivity contribution in [2.24, 2.45) is 0 Å². The number of carbonyl (C=O) groups is 1. The van der Waals surface area contributed by atoms with Gasteiger partial charge in [0.1, 0.15) is 5.76 Å². The highest BCUT2D eigenvalue weighted by Gasteiger charge is 2.34. The van der Waals surface area contributed by atoms with Gasteiger partial charge >= 0.3 is 0 Å². The predicted octanol–water partition coefficient (Wildman–Crippen LogP) is 2.81. The van der Waals surface area contributed by atoms with Gasteiger partial charge in [-0.2, -0.15) is 0 Å². The number of benzene rings is 1. The SMILES string of the molecule is O=C(c1ccc2c(c1)OCO2)N(Cc1ccco1)C1CC1. The monoisotopic (exact) mass is 285 g/mol. The van der Waals surface area contributed by atoms with Gasteiger partial charge in [0.05, 0.1) is 12.8 Å². The van der Waals surface area contributed by atoms with Crippen molar-refractivity contribution in [3.63, 3.8) is 0 Å². The molecule has 0 radical (unpaired) electrons. The van der Waals surface area contributed by atoms with Crippen molar-refractivity contribution in [3.05, 3.63) is 47.9 Å². The summed E-state index contributed by atoms with van der Waals surface area (Å²) >= 11 is 0. The van der Waals surface area contributed by atoms with Gasteiger partial charge in [-0.25, -0.2) is 0 Å². The molecule has 5 heteroatoms. The van der Waals surface area contributed by atoms with Gasteiger partial charge in [0.15, 0.2) is 11.5 Å². The van der Waals surface area contributed by atoms with E-state index in [9.17, 15) is 4.79 Å². The molecule has 21 heavy (non-hydrogen) atoms. The first-order valence-corrected chi connectivity index (χ1v) is 7.04. The van der Waals surface area contributed by atoms with Crippen LogP contribution in [0.4, 0.5) is 0 Å². The molecular formula is C16H15NO4. The third kappa shape index (κ3) is 2.35. The van der Waals surface area contributed by atoms with Crippen molar-refractivity contribution in [2.45, 2.75) is 25.4 Å². The van der Waals surface area contributed by atoms with E-state index < -0.39 is 0 Å². The van der Waals surface area contributed by atoms with Gasteiger partial charge in [0.2, 0.25) is 6.79 Å². The molecule has 1 aromatic carbocycles. The first-order valence-electron chi connectivity index (χ1n) is 7.04. The van der Waals surface area contributed by atoms with Crippen molar-refractivity contribution < 1.29 is 18.7 Å². The van der Waals surface area contributed by atoms with E-state index in [1.54, 1.807) is 24.5 Å². The van der Waals surface area contributed by atoms with Gasteiger partial charge in [-0.3, -0.25) is 4.79 Å². The van der Waals surface area contributed by atoms with Crippen LogP contribution in [0.5, 0.6) is 11.5 Å². The maximum Gasteiger partial charge on any atom is 0.254 e. The van der Waals surface area contributed by atoms with Crippen molar-refractivity contribution in [1.29, 1.82) is 0 Å². The molecule has 1 fully saturated rings. The normalized spacial score (nSPS) is 16.0. The van der Waals surface area contributed by atoms with E-state index >= 15 is 0 Å². The lowest BCUT2D eigenvalue weighted by atomic mass is 10.1. The zero-order chi connectivity index (χ0) is 14.2. The van der Waals surface area contributed by atoms with E-state index in [2.05, 4.69) is 0 Å². The summed E-state index contributed by atoms with van der Waals surface area (Å²) in [6, 6.07) is 9.37. The quantitative estimate of drug-likeness (QED) is 0.866. The molecule has 0 N–H and O–H groups in total. The molecule has 1 aliphatic heterocycles. The lowest BCUT2D eigenvalue weighted by Crippen LogP contribution is -2.32. The van der Waals surface area contributed by atoms with Crippen LogP contribution in [0.15, 0.2) is 41.0 Å². The first kappa shape index (κ1) is 12.3. The summed E-state index contributed by atoms with van der Waals surface area (Å²) in [5.74, 6) is 2.13. The molecule has 1 aromatic heterocycles. The summed E-state index contributed by atoms with van der Waals surface area (Å²) in [5, 5.41) is 0. The molecule has 4 rings (SSSR count). The number of rotatable bonds is 4. The number of ether oxygens (including phenoxy) is 2. The second-order valence-corrected chi connectivity index (χ2v) is 5.31. The van der Waals surface area contributed by atoms with Gasteiger partial charge in [-0.15, -0.1) is 0 Å². The number of hydrogen-bond donors (Lipinski definition) is 0. The molecule has 2 aliphatic rings. The van der Waals surface area contributed by atoms with Crippen LogP contribution >= 0.6 is 0 Å². The molecule has 0 atom stereocenters. The Kier molecular flexibility index (Phi) is 2.84. The van der Waals surface area contributed by atoms with E-state index in [4.69, 9.17) is 13.9 Å². The Labute approximate surface area is 122 Å². The molecule has 108 valence electrons. The Bertz CT molecular complexity index is 661. The molecule has 0 unspecified atom stereocenters. The summed E-state index contributed by atoms with van der Waals surface area (Å²) in [7, 11) is 0. The Morgan fingerprint density at radius 2 is 2.05 bits per heavy atom.